The second-order valence-electron chi connectivity index (χ2n) is 7.23. The molecule has 2 fully saturated rings. The topological polar surface area (TPSA) is 151 Å². The minimum absolute atomic E-state index is 0.0155. The molecule has 3 amide bonds. The number of esters is 1. The van der Waals surface area contributed by atoms with Gasteiger partial charge in [0.05, 0.1) is 24.9 Å². The van der Waals surface area contributed by atoms with Gasteiger partial charge in [-0.2, -0.15) is 16.2 Å². The summed E-state index contributed by atoms with van der Waals surface area (Å²) < 4.78 is 19.1. The fourth-order valence-corrected chi connectivity index (χ4v) is 5.16. The largest absolute Gasteiger partial charge is 0.463 e. The summed E-state index contributed by atoms with van der Waals surface area (Å²) >= 11 is 1.78. The van der Waals surface area contributed by atoms with Gasteiger partial charge in [-0.05, 0) is 19.8 Å². The van der Waals surface area contributed by atoms with Gasteiger partial charge in [0.15, 0.2) is 0 Å². The van der Waals surface area contributed by atoms with Gasteiger partial charge >= 0.3 is 17.7 Å². The fraction of sp³-hybridized carbons (Fsp3) is 0.611. The van der Waals surface area contributed by atoms with E-state index in [1.54, 1.807) is 23.7 Å². The first-order valence-electron chi connectivity index (χ1n) is 9.95. The molecule has 31 heavy (non-hydrogen) atoms. The highest BCUT2D eigenvalue weighted by molar-refractivity contribution is 8.00. The van der Waals surface area contributed by atoms with Gasteiger partial charge in [0, 0.05) is 17.4 Å². The summed E-state index contributed by atoms with van der Waals surface area (Å²) in [4.78, 5) is 60.9. The summed E-state index contributed by atoms with van der Waals surface area (Å²) in [5.74, 6) is -1.91. The second kappa shape index (κ2) is 9.98. The molecule has 3 heterocycles. The van der Waals surface area contributed by atoms with E-state index in [9.17, 15) is 28.4 Å². The standard InChI is InChI=1S/C18H24FN5O6S/c1-2-30-16(27)14(24-7-9(19)15(26)23-18(24)29)21-12(25)6-4-3-5-11-13-10(8-31-11)20-17(28)22-13/h7,10-11,13-14H,2-6,8H2,1H3,(H,21,25)(H2,20,22,28)(H,23,26,29). The van der Waals surface area contributed by atoms with Crippen molar-refractivity contribution in [2.45, 2.75) is 56.1 Å². The van der Waals surface area contributed by atoms with Crippen LogP contribution in [-0.4, -0.2) is 57.2 Å². The minimum atomic E-state index is -1.60. The Balaban J connectivity index is 1.54. The number of urea groups is 1. The molecule has 0 aromatic carbocycles. The number of halogens is 1. The number of unbranched alkanes of at least 4 members (excludes halogenated alkanes) is 1. The van der Waals surface area contributed by atoms with Crippen LogP contribution in [0.4, 0.5) is 9.18 Å². The molecule has 4 unspecified atom stereocenters. The molecular weight excluding hydrogens is 433 g/mol. The fourth-order valence-electron chi connectivity index (χ4n) is 3.61. The highest BCUT2D eigenvalue weighted by atomic mass is 32.2. The predicted molar refractivity (Wildman–Crippen MR) is 109 cm³/mol. The van der Waals surface area contributed by atoms with E-state index in [0.717, 1.165) is 18.6 Å². The summed E-state index contributed by atoms with van der Waals surface area (Å²) in [6, 6.07) is 0.0623. The van der Waals surface area contributed by atoms with Crippen LogP contribution in [0.2, 0.25) is 0 Å². The van der Waals surface area contributed by atoms with Gasteiger partial charge in [0.2, 0.25) is 17.9 Å². The number of nitrogens with zero attached hydrogens (tertiary/aromatic N) is 1. The van der Waals surface area contributed by atoms with Crippen LogP contribution in [0.3, 0.4) is 0 Å². The van der Waals surface area contributed by atoms with Crippen LogP contribution < -0.4 is 27.2 Å². The number of thioether (sulfide) groups is 1. The molecular formula is C18H24FN5O6S. The predicted octanol–water partition coefficient (Wildman–Crippen LogP) is -0.421. The molecule has 4 N–H and O–H groups in total. The third kappa shape index (κ3) is 5.46. The molecule has 0 aliphatic carbocycles. The van der Waals surface area contributed by atoms with Crippen LogP contribution in [0.1, 0.15) is 38.8 Å². The van der Waals surface area contributed by atoms with Crippen molar-refractivity contribution in [2.24, 2.45) is 0 Å². The van der Waals surface area contributed by atoms with Crippen LogP contribution in [0.5, 0.6) is 0 Å². The van der Waals surface area contributed by atoms with E-state index in [0.29, 0.717) is 17.2 Å². The average Bonchev–Trinajstić information content (AvgIpc) is 3.26. The first kappa shape index (κ1) is 22.8. The molecule has 3 rings (SSSR count). The second-order valence-corrected chi connectivity index (χ2v) is 8.51. The van der Waals surface area contributed by atoms with Crippen molar-refractivity contribution < 1.29 is 23.5 Å². The molecule has 0 radical (unpaired) electrons. The number of hydrogen-bond acceptors (Lipinski definition) is 7. The van der Waals surface area contributed by atoms with E-state index in [4.69, 9.17) is 4.74 Å². The molecule has 1 aromatic rings. The smallest absolute Gasteiger partial charge is 0.350 e. The number of aromatic nitrogens is 2. The molecule has 2 aliphatic heterocycles. The zero-order chi connectivity index (χ0) is 22.5. The van der Waals surface area contributed by atoms with Gasteiger partial charge in [-0.1, -0.05) is 6.42 Å². The van der Waals surface area contributed by atoms with Crippen molar-refractivity contribution in [2.75, 3.05) is 12.4 Å². The lowest BCUT2D eigenvalue weighted by atomic mass is 10.0. The van der Waals surface area contributed by atoms with Crippen LogP contribution in [0, 0.1) is 5.82 Å². The lowest BCUT2D eigenvalue weighted by molar-refractivity contribution is -0.150. The SMILES string of the molecule is CCOC(=O)C(NC(=O)CCCCC1SCC2NC(=O)NC21)n1cc(F)c(=O)[nH]c1=O. The average molecular weight is 457 g/mol. The first-order valence-corrected chi connectivity index (χ1v) is 11.0. The van der Waals surface area contributed by atoms with Gasteiger partial charge in [0.1, 0.15) is 0 Å². The summed E-state index contributed by atoms with van der Waals surface area (Å²) in [6.45, 7) is 1.53. The Labute approximate surface area is 180 Å². The third-order valence-electron chi connectivity index (χ3n) is 5.09. The van der Waals surface area contributed by atoms with Gasteiger partial charge in [-0.25, -0.2) is 14.4 Å². The summed E-state index contributed by atoms with van der Waals surface area (Å²) in [5, 5.41) is 8.41. The molecule has 0 spiro atoms. The van der Waals surface area contributed by atoms with Crippen LogP contribution in [0.25, 0.3) is 0 Å². The zero-order valence-electron chi connectivity index (χ0n) is 16.8. The molecule has 170 valence electrons. The normalized spacial score (nSPS) is 22.9. The Bertz CT molecular complexity index is 965. The van der Waals surface area contributed by atoms with Crippen LogP contribution >= 0.6 is 11.8 Å². The highest BCUT2D eigenvalue weighted by Gasteiger charge is 2.42. The molecule has 13 heteroatoms. The van der Waals surface area contributed by atoms with Crippen LogP contribution in [-0.2, 0) is 14.3 Å². The van der Waals surface area contributed by atoms with E-state index >= 15 is 0 Å². The number of amides is 3. The number of rotatable bonds is 9. The molecule has 2 aliphatic rings. The summed E-state index contributed by atoms with van der Waals surface area (Å²) in [5.41, 5.74) is -2.28. The van der Waals surface area contributed by atoms with Gasteiger partial charge in [-0.3, -0.25) is 19.1 Å². The van der Waals surface area contributed by atoms with Crippen molar-refractivity contribution in [3.8, 4) is 0 Å². The Morgan fingerprint density at radius 1 is 1.32 bits per heavy atom. The lowest BCUT2D eigenvalue weighted by Crippen LogP contribution is -2.45. The summed E-state index contributed by atoms with van der Waals surface area (Å²) in [6.07, 6.45) is 1.09. The minimum Gasteiger partial charge on any atom is -0.463 e. The maximum Gasteiger partial charge on any atom is 0.350 e. The monoisotopic (exact) mass is 457 g/mol. The van der Waals surface area contributed by atoms with Crippen molar-refractivity contribution >= 4 is 29.7 Å². The molecule has 4 atom stereocenters. The number of nitrogens with one attached hydrogen (secondary N) is 4. The number of carbonyl (C=O) groups is 3. The maximum absolute atomic E-state index is 13.6. The zero-order valence-corrected chi connectivity index (χ0v) is 17.6. The maximum atomic E-state index is 13.6. The summed E-state index contributed by atoms with van der Waals surface area (Å²) in [7, 11) is 0. The number of H-pyrrole nitrogens is 1. The van der Waals surface area contributed by atoms with E-state index in [1.807, 2.05) is 0 Å². The molecule has 0 saturated carbocycles. The van der Waals surface area contributed by atoms with Crippen molar-refractivity contribution in [1.82, 2.24) is 25.5 Å². The van der Waals surface area contributed by atoms with Gasteiger partial charge < -0.3 is 20.7 Å². The van der Waals surface area contributed by atoms with E-state index in [2.05, 4.69) is 16.0 Å². The molecule has 11 nitrogen and oxygen atoms in total. The van der Waals surface area contributed by atoms with Gasteiger partial charge in [0.25, 0.3) is 5.56 Å². The number of carbonyl (C=O) groups excluding carboxylic acids is 3. The number of fused-ring (bicyclic) bond motifs is 1. The van der Waals surface area contributed by atoms with Crippen LogP contribution in [0.15, 0.2) is 15.8 Å². The van der Waals surface area contributed by atoms with Gasteiger partial charge in [-0.15, -0.1) is 0 Å². The quantitative estimate of drug-likeness (QED) is 0.223. The Hall–Kier alpha value is -2.83. The van der Waals surface area contributed by atoms with Crippen molar-refractivity contribution in [3.63, 3.8) is 0 Å². The first-order chi connectivity index (χ1) is 14.8. The van der Waals surface area contributed by atoms with E-state index < -0.39 is 35.1 Å². The Kier molecular flexibility index (Phi) is 7.36. The molecule has 2 saturated heterocycles. The molecule has 0 bridgehead atoms. The van der Waals surface area contributed by atoms with Crippen molar-refractivity contribution in [3.05, 3.63) is 32.9 Å². The Morgan fingerprint density at radius 2 is 2.10 bits per heavy atom. The number of hydrogen-bond donors (Lipinski definition) is 4. The number of ether oxygens (including phenoxy) is 1. The molecule has 1 aromatic heterocycles. The van der Waals surface area contributed by atoms with E-state index in [-0.39, 0.29) is 36.4 Å². The third-order valence-corrected chi connectivity index (χ3v) is 6.60. The lowest BCUT2D eigenvalue weighted by Gasteiger charge is -2.19. The highest BCUT2D eigenvalue weighted by Crippen LogP contribution is 2.33. The van der Waals surface area contributed by atoms with Crippen molar-refractivity contribution in [1.29, 1.82) is 0 Å². The Morgan fingerprint density at radius 3 is 2.84 bits per heavy atom. The number of aromatic amines is 1. The van der Waals surface area contributed by atoms with E-state index in [1.165, 1.54) is 0 Å².